The molecule has 0 radical (unpaired) electrons. The lowest BCUT2D eigenvalue weighted by Gasteiger charge is -2.16. The van der Waals surface area contributed by atoms with Crippen molar-refractivity contribution in [3.8, 4) is 0 Å². The third kappa shape index (κ3) is 4.91. The van der Waals surface area contributed by atoms with Gasteiger partial charge in [-0.1, -0.05) is 22.9 Å². The Morgan fingerprint density at radius 3 is 2.79 bits per heavy atom. The van der Waals surface area contributed by atoms with E-state index in [0.29, 0.717) is 4.83 Å². The molecule has 1 aromatic rings. The van der Waals surface area contributed by atoms with Gasteiger partial charge in [0.15, 0.2) is 0 Å². The van der Waals surface area contributed by atoms with E-state index in [1.165, 1.54) is 15.8 Å². The van der Waals surface area contributed by atoms with Crippen LogP contribution in [0, 0.1) is 0 Å². The average Bonchev–Trinajstić information content (AvgIpc) is 2.48. The van der Waals surface area contributed by atoms with Gasteiger partial charge in [-0.3, -0.25) is 0 Å². The molecule has 0 aliphatic rings. The molecule has 0 aliphatic heterocycles. The lowest BCUT2D eigenvalue weighted by Crippen LogP contribution is -2.20. The molecule has 0 aromatic carbocycles. The summed E-state index contributed by atoms with van der Waals surface area (Å²) in [6.07, 6.45) is 1.20. The standard InChI is InChI=1S/C10H15Br2NS/c1-8(11)3-4-13(2)6-10-5-9(12)7-14-10/h5,7-8H,3-4,6H2,1-2H3. The maximum atomic E-state index is 3.56. The Morgan fingerprint density at radius 1 is 1.57 bits per heavy atom. The molecular formula is C10H15Br2NS. The molecule has 0 N–H and O–H groups in total. The molecule has 80 valence electrons. The topological polar surface area (TPSA) is 3.24 Å². The van der Waals surface area contributed by atoms with E-state index in [4.69, 9.17) is 0 Å². The summed E-state index contributed by atoms with van der Waals surface area (Å²) >= 11 is 8.84. The third-order valence-electron chi connectivity index (χ3n) is 1.96. The zero-order chi connectivity index (χ0) is 10.6. The lowest BCUT2D eigenvalue weighted by atomic mass is 10.3. The van der Waals surface area contributed by atoms with Crippen LogP contribution in [-0.4, -0.2) is 23.3 Å². The van der Waals surface area contributed by atoms with Gasteiger partial charge in [0.2, 0.25) is 0 Å². The highest BCUT2D eigenvalue weighted by molar-refractivity contribution is 9.10. The Balaban J connectivity index is 2.30. The second kappa shape index (κ2) is 6.26. The molecule has 0 amide bonds. The van der Waals surface area contributed by atoms with E-state index in [-0.39, 0.29) is 0 Å². The van der Waals surface area contributed by atoms with E-state index in [9.17, 15) is 0 Å². The minimum absolute atomic E-state index is 0.611. The molecule has 0 bridgehead atoms. The van der Waals surface area contributed by atoms with E-state index < -0.39 is 0 Å². The van der Waals surface area contributed by atoms with Crippen molar-refractivity contribution in [2.24, 2.45) is 0 Å². The number of halogens is 2. The monoisotopic (exact) mass is 339 g/mol. The number of alkyl halides is 1. The number of rotatable bonds is 5. The molecule has 14 heavy (non-hydrogen) atoms. The largest absolute Gasteiger partial charge is 0.301 e. The second-order valence-electron chi connectivity index (χ2n) is 3.54. The van der Waals surface area contributed by atoms with Gasteiger partial charge in [0.05, 0.1) is 0 Å². The van der Waals surface area contributed by atoms with E-state index in [1.807, 2.05) is 11.3 Å². The number of nitrogens with zero attached hydrogens (tertiary/aromatic N) is 1. The van der Waals surface area contributed by atoms with Gasteiger partial charge in [-0.25, -0.2) is 0 Å². The lowest BCUT2D eigenvalue weighted by molar-refractivity contribution is 0.325. The SMILES string of the molecule is CC(Br)CCN(C)Cc1cc(Br)cs1. The first kappa shape index (κ1) is 12.7. The van der Waals surface area contributed by atoms with Gasteiger partial charge in [0.25, 0.3) is 0 Å². The summed E-state index contributed by atoms with van der Waals surface area (Å²) in [5.41, 5.74) is 0. The molecule has 4 heteroatoms. The second-order valence-corrected chi connectivity index (χ2v) is 7.01. The highest BCUT2D eigenvalue weighted by atomic mass is 79.9. The van der Waals surface area contributed by atoms with Crippen LogP contribution in [0.15, 0.2) is 15.9 Å². The van der Waals surface area contributed by atoms with Crippen molar-refractivity contribution >= 4 is 43.2 Å². The quantitative estimate of drug-likeness (QED) is 0.729. The molecule has 0 fully saturated rings. The van der Waals surface area contributed by atoms with Gasteiger partial charge in [-0.15, -0.1) is 11.3 Å². The number of thiophene rings is 1. The highest BCUT2D eigenvalue weighted by Crippen LogP contribution is 2.20. The summed E-state index contributed by atoms with van der Waals surface area (Å²) in [6.45, 7) is 4.38. The summed E-state index contributed by atoms with van der Waals surface area (Å²) in [4.78, 5) is 4.39. The molecule has 0 spiro atoms. The van der Waals surface area contributed by atoms with Crippen LogP contribution in [0.25, 0.3) is 0 Å². The molecule has 1 heterocycles. The number of hydrogen-bond donors (Lipinski definition) is 0. The van der Waals surface area contributed by atoms with E-state index in [0.717, 1.165) is 13.1 Å². The normalized spacial score (nSPS) is 13.5. The molecule has 1 rings (SSSR count). The molecule has 1 unspecified atom stereocenters. The van der Waals surface area contributed by atoms with Gasteiger partial charge in [-0.2, -0.15) is 0 Å². The van der Waals surface area contributed by atoms with Crippen molar-refractivity contribution in [2.75, 3.05) is 13.6 Å². The predicted molar refractivity (Wildman–Crippen MR) is 71.4 cm³/mol. The van der Waals surface area contributed by atoms with E-state index in [2.05, 4.69) is 62.2 Å². The Bertz CT molecular complexity index is 273. The van der Waals surface area contributed by atoms with Gasteiger partial charge in [0, 0.05) is 26.1 Å². The predicted octanol–water partition coefficient (Wildman–Crippen LogP) is 4.12. The third-order valence-corrected chi connectivity index (χ3v) is 4.10. The summed E-state index contributed by atoms with van der Waals surface area (Å²) in [6, 6.07) is 2.19. The molecule has 0 aliphatic carbocycles. The highest BCUT2D eigenvalue weighted by Gasteiger charge is 2.04. The van der Waals surface area contributed by atoms with Crippen LogP contribution in [0.2, 0.25) is 0 Å². The molecular weight excluding hydrogens is 326 g/mol. The Labute approximate surface area is 107 Å². The minimum Gasteiger partial charge on any atom is -0.301 e. The zero-order valence-corrected chi connectivity index (χ0v) is 12.5. The molecule has 1 aromatic heterocycles. The van der Waals surface area contributed by atoms with Crippen LogP contribution >= 0.6 is 43.2 Å². The van der Waals surface area contributed by atoms with Crippen LogP contribution in [0.3, 0.4) is 0 Å². The molecule has 1 atom stereocenters. The Morgan fingerprint density at radius 2 is 2.29 bits per heavy atom. The first-order valence-corrected chi connectivity index (χ1v) is 7.22. The Hall–Kier alpha value is 0.620. The maximum absolute atomic E-state index is 3.56. The van der Waals surface area contributed by atoms with Gasteiger partial charge < -0.3 is 4.90 Å². The first-order chi connectivity index (χ1) is 6.58. The number of hydrogen-bond acceptors (Lipinski definition) is 2. The van der Waals surface area contributed by atoms with Gasteiger partial charge >= 0.3 is 0 Å². The summed E-state index contributed by atoms with van der Waals surface area (Å²) in [5, 5.41) is 2.14. The molecule has 0 saturated heterocycles. The minimum atomic E-state index is 0.611. The van der Waals surface area contributed by atoms with Crippen LogP contribution in [0.4, 0.5) is 0 Å². The molecule has 0 saturated carbocycles. The summed E-state index contributed by atoms with van der Waals surface area (Å²) < 4.78 is 1.19. The zero-order valence-electron chi connectivity index (χ0n) is 8.46. The van der Waals surface area contributed by atoms with Gasteiger partial charge in [0.1, 0.15) is 0 Å². The summed E-state index contributed by atoms with van der Waals surface area (Å²) in [7, 11) is 2.17. The van der Waals surface area contributed by atoms with Crippen molar-refractivity contribution < 1.29 is 0 Å². The smallest absolute Gasteiger partial charge is 0.0325 e. The van der Waals surface area contributed by atoms with Crippen molar-refractivity contribution in [2.45, 2.75) is 24.7 Å². The van der Waals surface area contributed by atoms with Crippen LogP contribution in [0.1, 0.15) is 18.2 Å². The summed E-state index contributed by atoms with van der Waals surface area (Å²) in [5.74, 6) is 0. The van der Waals surface area contributed by atoms with E-state index >= 15 is 0 Å². The van der Waals surface area contributed by atoms with Gasteiger partial charge in [-0.05, 0) is 42.0 Å². The van der Waals surface area contributed by atoms with Crippen molar-refractivity contribution in [3.63, 3.8) is 0 Å². The van der Waals surface area contributed by atoms with Crippen LogP contribution < -0.4 is 0 Å². The van der Waals surface area contributed by atoms with Crippen molar-refractivity contribution in [1.82, 2.24) is 4.90 Å². The van der Waals surface area contributed by atoms with Crippen molar-refractivity contribution in [1.29, 1.82) is 0 Å². The fourth-order valence-corrected chi connectivity index (χ4v) is 2.91. The fourth-order valence-electron chi connectivity index (χ4n) is 1.18. The Kier molecular flexibility index (Phi) is 5.67. The van der Waals surface area contributed by atoms with Crippen LogP contribution in [-0.2, 0) is 6.54 Å². The van der Waals surface area contributed by atoms with Crippen molar-refractivity contribution in [3.05, 3.63) is 20.8 Å². The van der Waals surface area contributed by atoms with Crippen LogP contribution in [0.5, 0.6) is 0 Å². The fraction of sp³-hybridized carbons (Fsp3) is 0.600. The maximum Gasteiger partial charge on any atom is 0.0325 e. The first-order valence-electron chi connectivity index (χ1n) is 4.63. The average molecular weight is 341 g/mol. The van der Waals surface area contributed by atoms with E-state index in [1.54, 1.807) is 0 Å². The molecule has 1 nitrogen and oxygen atoms in total.